The fraction of sp³-hybridized carbons (Fsp3) is 0.333. The number of thiophene rings is 2. The van der Waals surface area contributed by atoms with E-state index in [4.69, 9.17) is 4.74 Å². The fourth-order valence-electron chi connectivity index (χ4n) is 1.89. The molecule has 1 N–H and O–H groups in total. The van der Waals surface area contributed by atoms with E-state index in [2.05, 4.69) is 5.32 Å². The number of amides is 1. The lowest BCUT2D eigenvalue weighted by Crippen LogP contribution is -2.13. The maximum absolute atomic E-state index is 12.2. The summed E-state index contributed by atoms with van der Waals surface area (Å²) in [7, 11) is 0. The van der Waals surface area contributed by atoms with Crippen LogP contribution in [0.3, 0.4) is 0 Å². The highest BCUT2D eigenvalue weighted by Crippen LogP contribution is 2.33. The lowest BCUT2D eigenvalue weighted by Gasteiger charge is -2.06. The third kappa shape index (κ3) is 3.33. The Morgan fingerprint density at radius 1 is 1.19 bits per heavy atom. The van der Waals surface area contributed by atoms with Crippen LogP contribution in [0.1, 0.15) is 42.3 Å². The number of carbonyl (C=O) groups excluding carboxylic acids is 2. The van der Waals surface area contributed by atoms with Crippen LogP contribution in [0.25, 0.3) is 0 Å². The van der Waals surface area contributed by atoms with Gasteiger partial charge in [0, 0.05) is 9.75 Å². The largest absolute Gasteiger partial charge is 0.462 e. The Hall–Kier alpha value is -1.66. The molecule has 0 aliphatic carbocycles. The summed E-state index contributed by atoms with van der Waals surface area (Å²) in [5.41, 5.74) is 1.32. The molecule has 1 amide bonds. The van der Waals surface area contributed by atoms with Gasteiger partial charge in [-0.25, -0.2) is 4.79 Å². The smallest absolute Gasteiger partial charge is 0.341 e. The predicted octanol–water partition coefficient (Wildman–Crippen LogP) is 4.16. The van der Waals surface area contributed by atoms with E-state index < -0.39 is 5.97 Å². The molecule has 0 unspecified atom stereocenters. The van der Waals surface area contributed by atoms with Gasteiger partial charge < -0.3 is 10.1 Å². The first kappa shape index (κ1) is 15.7. The minimum atomic E-state index is -0.392. The molecule has 0 aliphatic rings. The zero-order chi connectivity index (χ0) is 15.6. The summed E-state index contributed by atoms with van der Waals surface area (Å²) in [4.78, 5) is 27.0. The van der Waals surface area contributed by atoms with Crippen LogP contribution in [0.2, 0.25) is 0 Å². The van der Waals surface area contributed by atoms with Crippen LogP contribution in [0.5, 0.6) is 0 Å². The standard InChI is InChI=1S/C15H17NO3S2/c1-5-19-15(18)12-9(3)10(4)21-14(12)16-13(17)11-7-6-8(2)20-11/h6-7H,5H2,1-4H3,(H,16,17). The zero-order valence-electron chi connectivity index (χ0n) is 12.4. The predicted molar refractivity (Wildman–Crippen MR) is 86.8 cm³/mol. The highest BCUT2D eigenvalue weighted by molar-refractivity contribution is 7.17. The molecule has 0 radical (unpaired) electrons. The molecule has 2 aromatic rings. The molecule has 0 spiro atoms. The molecular formula is C15H17NO3S2. The molecule has 0 saturated heterocycles. The number of hydrogen-bond donors (Lipinski definition) is 1. The van der Waals surface area contributed by atoms with Crippen molar-refractivity contribution < 1.29 is 14.3 Å². The van der Waals surface area contributed by atoms with Crippen LogP contribution >= 0.6 is 22.7 Å². The molecule has 0 atom stereocenters. The van der Waals surface area contributed by atoms with Crippen LogP contribution in [0, 0.1) is 20.8 Å². The van der Waals surface area contributed by atoms with Crippen LogP contribution in [0.15, 0.2) is 12.1 Å². The van der Waals surface area contributed by atoms with Crippen molar-refractivity contribution in [1.82, 2.24) is 0 Å². The van der Waals surface area contributed by atoms with Gasteiger partial charge in [-0.2, -0.15) is 0 Å². The Bertz CT molecular complexity index is 685. The van der Waals surface area contributed by atoms with Gasteiger partial charge in [-0.1, -0.05) is 0 Å². The summed E-state index contributed by atoms with van der Waals surface area (Å²) in [5, 5.41) is 3.39. The number of aryl methyl sites for hydroxylation is 2. The van der Waals surface area contributed by atoms with Crippen molar-refractivity contribution in [2.24, 2.45) is 0 Å². The second-order valence-corrected chi connectivity index (χ2v) is 7.08. The van der Waals surface area contributed by atoms with Gasteiger partial charge in [0.1, 0.15) is 5.00 Å². The van der Waals surface area contributed by atoms with E-state index in [0.717, 1.165) is 15.3 Å². The first-order valence-corrected chi connectivity index (χ1v) is 8.22. The third-order valence-electron chi connectivity index (χ3n) is 3.06. The Morgan fingerprint density at radius 3 is 2.48 bits per heavy atom. The highest BCUT2D eigenvalue weighted by atomic mass is 32.1. The summed E-state index contributed by atoms with van der Waals surface area (Å²) >= 11 is 2.82. The van der Waals surface area contributed by atoms with Crippen molar-refractivity contribution in [3.05, 3.63) is 37.9 Å². The number of nitrogens with one attached hydrogen (secondary N) is 1. The number of ether oxygens (including phenoxy) is 1. The first-order valence-electron chi connectivity index (χ1n) is 6.59. The van der Waals surface area contributed by atoms with Crippen molar-refractivity contribution in [2.45, 2.75) is 27.7 Å². The van der Waals surface area contributed by atoms with Crippen molar-refractivity contribution in [1.29, 1.82) is 0 Å². The molecule has 2 aromatic heterocycles. The lowest BCUT2D eigenvalue weighted by atomic mass is 10.1. The Balaban J connectivity index is 2.29. The van der Waals surface area contributed by atoms with Gasteiger partial charge in [-0.15, -0.1) is 22.7 Å². The summed E-state index contributed by atoms with van der Waals surface area (Å²) in [5.74, 6) is -0.586. The minimum absolute atomic E-state index is 0.195. The second-order valence-electron chi connectivity index (χ2n) is 4.57. The molecule has 21 heavy (non-hydrogen) atoms. The number of rotatable bonds is 4. The maximum atomic E-state index is 12.2. The topological polar surface area (TPSA) is 55.4 Å². The summed E-state index contributed by atoms with van der Waals surface area (Å²) in [6.07, 6.45) is 0. The second kappa shape index (κ2) is 6.41. The molecule has 0 bridgehead atoms. The maximum Gasteiger partial charge on any atom is 0.341 e. The SMILES string of the molecule is CCOC(=O)c1c(NC(=O)c2ccc(C)s2)sc(C)c1C. The van der Waals surface area contributed by atoms with Crippen molar-refractivity contribution in [3.8, 4) is 0 Å². The third-order valence-corrected chi connectivity index (χ3v) is 5.18. The normalized spacial score (nSPS) is 10.5. The van der Waals surface area contributed by atoms with E-state index in [-0.39, 0.29) is 5.91 Å². The lowest BCUT2D eigenvalue weighted by molar-refractivity contribution is 0.0527. The average Bonchev–Trinajstić information content (AvgIpc) is 2.95. The highest BCUT2D eigenvalue weighted by Gasteiger charge is 2.22. The summed E-state index contributed by atoms with van der Waals surface area (Å²) < 4.78 is 5.07. The summed E-state index contributed by atoms with van der Waals surface area (Å²) in [6.45, 7) is 7.81. The Labute approximate surface area is 131 Å². The molecule has 0 fully saturated rings. The van der Waals surface area contributed by atoms with Gasteiger partial charge in [-0.3, -0.25) is 4.79 Å². The van der Waals surface area contributed by atoms with Gasteiger partial charge >= 0.3 is 5.97 Å². The van der Waals surface area contributed by atoms with E-state index in [1.165, 1.54) is 22.7 Å². The number of hydrogen-bond acceptors (Lipinski definition) is 5. The molecule has 0 aliphatic heterocycles. The van der Waals surface area contributed by atoms with Crippen molar-refractivity contribution >= 4 is 39.6 Å². The van der Waals surface area contributed by atoms with E-state index in [0.29, 0.717) is 22.0 Å². The monoisotopic (exact) mass is 323 g/mol. The summed E-state index contributed by atoms with van der Waals surface area (Å²) in [6, 6.07) is 3.68. The van der Waals surface area contributed by atoms with Crippen LogP contribution in [-0.2, 0) is 4.74 Å². The quantitative estimate of drug-likeness (QED) is 0.859. The van der Waals surface area contributed by atoms with Gasteiger partial charge in [0.15, 0.2) is 0 Å². The first-order chi connectivity index (χ1) is 9.93. The van der Waals surface area contributed by atoms with Gasteiger partial charge in [0.05, 0.1) is 17.0 Å². The molecule has 6 heteroatoms. The molecule has 2 rings (SSSR count). The van der Waals surface area contributed by atoms with E-state index in [1.54, 1.807) is 13.0 Å². The number of esters is 1. The van der Waals surface area contributed by atoms with Gasteiger partial charge in [-0.05, 0) is 45.4 Å². The molecule has 112 valence electrons. The molecular weight excluding hydrogens is 306 g/mol. The van der Waals surface area contributed by atoms with Crippen LogP contribution in [-0.4, -0.2) is 18.5 Å². The zero-order valence-corrected chi connectivity index (χ0v) is 14.0. The fourth-order valence-corrected chi connectivity index (χ4v) is 3.69. The molecule has 0 saturated carbocycles. The van der Waals surface area contributed by atoms with Crippen molar-refractivity contribution in [2.75, 3.05) is 11.9 Å². The van der Waals surface area contributed by atoms with Crippen molar-refractivity contribution in [3.63, 3.8) is 0 Å². The molecule has 0 aromatic carbocycles. The Morgan fingerprint density at radius 2 is 1.90 bits per heavy atom. The van der Waals surface area contributed by atoms with Gasteiger partial charge in [0.2, 0.25) is 0 Å². The molecule has 4 nitrogen and oxygen atoms in total. The van der Waals surface area contributed by atoms with Crippen LogP contribution in [0.4, 0.5) is 5.00 Å². The number of carbonyl (C=O) groups is 2. The van der Waals surface area contributed by atoms with Crippen LogP contribution < -0.4 is 5.32 Å². The number of anilines is 1. The van der Waals surface area contributed by atoms with Gasteiger partial charge in [0.25, 0.3) is 5.91 Å². The Kier molecular flexibility index (Phi) is 4.80. The van der Waals surface area contributed by atoms with E-state index in [9.17, 15) is 9.59 Å². The minimum Gasteiger partial charge on any atom is -0.462 e. The average molecular weight is 323 g/mol. The molecule has 2 heterocycles. The van der Waals surface area contributed by atoms with E-state index >= 15 is 0 Å². The van der Waals surface area contributed by atoms with E-state index in [1.807, 2.05) is 26.8 Å².